The third kappa shape index (κ3) is 1.56. The van der Waals surface area contributed by atoms with Gasteiger partial charge in [-0.3, -0.25) is 4.79 Å². The van der Waals surface area contributed by atoms with Gasteiger partial charge in [0.15, 0.2) is 11.4 Å². The van der Waals surface area contributed by atoms with Crippen molar-refractivity contribution in [3.05, 3.63) is 35.3 Å². The van der Waals surface area contributed by atoms with Crippen molar-refractivity contribution < 1.29 is 26.8 Å². The average molecular weight is 232 g/mol. The molecule has 0 saturated heterocycles. The van der Waals surface area contributed by atoms with E-state index in [1.165, 1.54) is 0 Å². The molecule has 0 aliphatic heterocycles. The Labute approximate surface area is 86.5 Å². The molecule has 2 rings (SSSR count). The van der Waals surface area contributed by atoms with E-state index in [9.17, 15) is 22.4 Å². The molecule has 0 fully saturated rings. The quantitative estimate of drug-likeness (QED) is 0.557. The van der Waals surface area contributed by atoms with Crippen LogP contribution in [0.5, 0.6) is 0 Å². The average Bonchev–Trinajstić information content (AvgIpc) is 2.60. The lowest BCUT2D eigenvalue weighted by atomic mass is 10.1. The zero-order chi connectivity index (χ0) is 11.9. The molecule has 1 aromatic heterocycles. The highest BCUT2D eigenvalue weighted by molar-refractivity contribution is 5.88. The van der Waals surface area contributed by atoms with E-state index in [1.807, 2.05) is 0 Å². The summed E-state index contributed by atoms with van der Waals surface area (Å²) >= 11 is 0. The summed E-state index contributed by atoms with van der Waals surface area (Å²) in [5, 5.41) is -0.449. The highest BCUT2D eigenvalue weighted by atomic mass is 19.4. The van der Waals surface area contributed by atoms with Crippen molar-refractivity contribution in [1.82, 2.24) is 0 Å². The Hall–Kier alpha value is -1.85. The van der Waals surface area contributed by atoms with Crippen LogP contribution in [0, 0.1) is 5.82 Å². The Kier molecular flexibility index (Phi) is 2.22. The number of carbonyl (C=O) groups is 1. The van der Waals surface area contributed by atoms with E-state index in [1.54, 1.807) is 0 Å². The third-order valence-electron chi connectivity index (χ3n) is 2.09. The fourth-order valence-corrected chi connectivity index (χ4v) is 1.40. The predicted octanol–water partition coefficient (Wildman–Crippen LogP) is 3.40. The minimum atomic E-state index is -4.64. The zero-order valence-electron chi connectivity index (χ0n) is 7.64. The largest absolute Gasteiger partial charge is 0.461 e. The summed E-state index contributed by atoms with van der Waals surface area (Å²) in [5.74, 6) is -0.991. The van der Waals surface area contributed by atoms with Crippen LogP contribution in [0.1, 0.15) is 15.9 Å². The molecule has 1 heterocycles. The van der Waals surface area contributed by atoms with Gasteiger partial charge < -0.3 is 4.42 Å². The number of carbonyl (C=O) groups excluding carboxylic acids is 1. The molecule has 16 heavy (non-hydrogen) atoms. The molecule has 2 aromatic rings. The van der Waals surface area contributed by atoms with Crippen molar-refractivity contribution in [1.29, 1.82) is 0 Å². The SMILES string of the molecule is O=Cc1cc(F)c2occ(C(F)(F)F)c2c1. The van der Waals surface area contributed by atoms with E-state index < -0.39 is 28.5 Å². The fourth-order valence-electron chi connectivity index (χ4n) is 1.40. The van der Waals surface area contributed by atoms with E-state index in [4.69, 9.17) is 0 Å². The molecule has 0 N–H and O–H groups in total. The number of rotatable bonds is 1. The van der Waals surface area contributed by atoms with Gasteiger partial charge in [0, 0.05) is 10.9 Å². The first-order chi connectivity index (χ1) is 7.43. The first-order valence-corrected chi connectivity index (χ1v) is 4.16. The summed E-state index contributed by atoms with van der Waals surface area (Å²) in [5.41, 5.74) is -1.76. The third-order valence-corrected chi connectivity index (χ3v) is 2.09. The number of hydrogen-bond donors (Lipinski definition) is 0. The van der Waals surface area contributed by atoms with E-state index >= 15 is 0 Å². The van der Waals surface area contributed by atoms with Crippen molar-refractivity contribution in [2.45, 2.75) is 6.18 Å². The second-order valence-corrected chi connectivity index (χ2v) is 3.14. The van der Waals surface area contributed by atoms with E-state index in [0.29, 0.717) is 6.26 Å². The number of fused-ring (bicyclic) bond motifs is 1. The van der Waals surface area contributed by atoms with Gasteiger partial charge in [0.2, 0.25) is 0 Å². The van der Waals surface area contributed by atoms with Gasteiger partial charge in [-0.25, -0.2) is 4.39 Å². The molecule has 6 heteroatoms. The standard InChI is InChI=1S/C10H4F4O2/c11-8-2-5(3-15)1-6-7(10(12,13)14)4-16-9(6)8/h1-4H. The maximum Gasteiger partial charge on any atom is 0.420 e. The molecule has 0 aliphatic rings. The van der Waals surface area contributed by atoms with E-state index in [2.05, 4.69) is 4.42 Å². The van der Waals surface area contributed by atoms with Gasteiger partial charge in [0.05, 0.1) is 0 Å². The Morgan fingerprint density at radius 2 is 1.94 bits per heavy atom. The molecule has 0 radical (unpaired) electrons. The molecule has 84 valence electrons. The molecule has 0 spiro atoms. The minimum absolute atomic E-state index is 0.170. The zero-order valence-corrected chi connectivity index (χ0v) is 7.64. The van der Waals surface area contributed by atoms with Gasteiger partial charge in [-0.05, 0) is 12.1 Å². The van der Waals surface area contributed by atoms with Crippen molar-refractivity contribution >= 4 is 17.3 Å². The van der Waals surface area contributed by atoms with Crippen LogP contribution in [0.15, 0.2) is 22.8 Å². The first kappa shape index (κ1) is 10.7. The van der Waals surface area contributed by atoms with Gasteiger partial charge >= 0.3 is 6.18 Å². The molecular formula is C10H4F4O2. The van der Waals surface area contributed by atoms with Gasteiger partial charge in [0.1, 0.15) is 18.1 Å². The minimum Gasteiger partial charge on any atom is -0.461 e. The topological polar surface area (TPSA) is 30.2 Å². The summed E-state index contributed by atoms with van der Waals surface area (Å²) in [7, 11) is 0. The Bertz CT molecular complexity index is 554. The van der Waals surface area contributed by atoms with Crippen molar-refractivity contribution in [2.24, 2.45) is 0 Å². The monoisotopic (exact) mass is 232 g/mol. The van der Waals surface area contributed by atoms with Crippen molar-refractivity contribution in [3.8, 4) is 0 Å². The molecule has 2 nitrogen and oxygen atoms in total. The highest BCUT2D eigenvalue weighted by Gasteiger charge is 2.35. The Balaban J connectivity index is 2.80. The van der Waals surface area contributed by atoms with Crippen LogP contribution in [0.25, 0.3) is 11.0 Å². The van der Waals surface area contributed by atoms with Crippen LogP contribution >= 0.6 is 0 Å². The Morgan fingerprint density at radius 1 is 1.25 bits per heavy atom. The summed E-state index contributed by atoms with van der Waals surface area (Å²) in [4.78, 5) is 10.4. The molecule has 0 saturated carbocycles. The van der Waals surface area contributed by atoms with Crippen LogP contribution in [0.4, 0.5) is 17.6 Å². The molecule has 1 aromatic carbocycles. The van der Waals surface area contributed by atoms with Gasteiger partial charge in [-0.15, -0.1) is 0 Å². The van der Waals surface area contributed by atoms with E-state index in [0.717, 1.165) is 12.1 Å². The lowest BCUT2D eigenvalue weighted by Gasteiger charge is -2.03. The summed E-state index contributed by atoms with van der Waals surface area (Å²) in [6.45, 7) is 0. The Morgan fingerprint density at radius 3 is 2.50 bits per heavy atom. The normalized spacial score (nSPS) is 12.0. The lowest BCUT2D eigenvalue weighted by Crippen LogP contribution is -2.03. The van der Waals surface area contributed by atoms with Crippen LogP contribution < -0.4 is 0 Å². The number of furan rings is 1. The molecule has 0 aliphatic carbocycles. The van der Waals surface area contributed by atoms with Crippen LogP contribution in [0.2, 0.25) is 0 Å². The highest BCUT2D eigenvalue weighted by Crippen LogP contribution is 2.37. The predicted molar refractivity (Wildman–Crippen MR) is 46.6 cm³/mol. The van der Waals surface area contributed by atoms with E-state index in [-0.39, 0.29) is 11.8 Å². The maximum absolute atomic E-state index is 13.2. The number of aldehydes is 1. The number of hydrogen-bond acceptors (Lipinski definition) is 2. The summed E-state index contributed by atoms with van der Waals surface area (Å²) < 4.78 is 55.1. The summed E-state index contributed by atoms with van der Waals surface area (Å²) in [6, 6.07) is 1.76. The molecular weight excluding hydrogens is 228 g/mol. The summed E-state index contributed by atoms with van der Waals surface area (Å²) in [6.07, 6.45) is -3.93. The van der Waals surface area contributed by atoms with Crippen LogP contribution in [0.3, 0.4) is 0 Å². The second-order valence-electron chi connectivity index (χ2n) is 3.14. The smallest absolute Gasteiger partial charge is 0.420 e. The fraction of sp³-hybridized carbons (Fsp3) is 0.100. The maximum atomic E-state index is 13.2. The van der Waals surface area contributed by atoms with Gasteiger partial charge in [0.25, 0.3) is 0 Å². The van der Waals surface area contributed by atoms with Crippen molar-refractivity contribution in [2.75, 3.05) is 0 Å². The van der Waals surface area contributed by atoms with Crippen LogP contribution in [-0.2, 0) is 6.18 Å². The number of halogens is 4. The molecule has 0 atom stereocenters. The van der Waals surface area contributed by atoms with Crippen LogP contribution in [-0.4, -0.2) is 6.29 Å². The molecule has 0 unspecified atom stereocenters. The molecule has 0 bridgehead atoms. The molecule has 0 amide bonds. The second kappa shape index (κ2) is 3.33. The number of alkyl halides is 3. The van der Waals surface area contributed by atoms with Crippen molar-refractivity contribution in [3.63, 3.8) is 0 Å². The lowest BCUT2D eigenvalue weighted by molar-refractivity contribution is -0.136. The van der Waals surface area contributed by atoms with Gasteiger partial charge in [-0.2, -0.15) is 13.2 Å². The first-order valence-electron chi connectivity index (χ1n) is 4.16. The number of benzene rings is 1. The van der Waals surface area contributed by atoms with Gasteiger partial charge in [-0.1, -0.05) is 0 Å².